The molecule has 2 saturated carbocycles. The van der Waals surface area contributed by atoms with Gasteiger partial charge in [0, 0.05) is 74.6 Å². The fraction of sp³-hybridized carbons (Fsp3) is 0.535. The number of piperidine rings is 2. The molecule has 0 spiro atoms. The molecule has 0 bridgehead atoms. The van der Waals surface area contributed by atoms with E-state index < -0.39 is 23.3 Å². The summed E-state index contributed by atoms with van der Waals surface area (Å²) in [6.45, 7) is 3.09. The van der Waals surface area contributed by atoms with E-state index in [1.165, 1.54) is 12.3 Å². The average molecular weight is 798 g/mol. The summed E-state index contributed by atoms with van der Waals surface area (Å²) < 4.78 is 30.5. The summed E-state index contributed by atoms with van der Waals surface area (Å²) in [5.41, 5.74) is 1.90. The standard InChI is InChI=1S/C43H53F2N9O4/c44-33-26-31(47-35-15-17-37(55)50-40(35)57)14-16-36(33)52-21-23-53(24-22-52)43(18-3-1-4-19-43)41(58)48-29-10-12-30(13-11-29)49-42-46-27-34(45)39(51-42)28-7-6-8-32(25-28)54-20-5-2-9-38(54)56/h6-8,14,16,25-27,29-30,35,47H,1-5,9-13,15,17-24H2,(H,48,58)(H,46,49,51)(H,50,55,57). The summed E-state index contributed by atoms with van der Waals surface area (Å²) in [5.74, 6) is -1.09. The summed E-state index contributed by atoms with van der Waals surface area (Å²) in [7, 11) is 0. The first-order chi connectivity index (χ1) is 28.1. The molecule has 58 heavy (non-hydrogen) atoms. The SMILES string of the molecule is O=C1CCC(Nc2ccc(N3CCN(C4(C(=O)NC5CCC(Nc6ncc(F)c(-c7cccc(N8CCCCC8=O)c7)n6)CC5)CCCCC4)CC3)c(F)c2)C(=O)N1. The molecule has 3 saturated heterocycles. The van der Waals surface area contributed by atoms with Crippen LogP contribution in [0.1, 0.15) is 89.9 Å². The summed E-state index contributed by atoms with van der Waals surface area (Å²) in [6.07, 6.45) is 12.0. The number of piperazine rings is 1. The molecule has 4 heterocycles. The molecule has 1 aromatic heterocycles. The molecule has 3 aromatic rings. The van der Waals surface area contributed by atoms with Gasteiger partial charge in [-0.1, -0.05) is 31.4 Å². The van der Waals surface area contributed by atoms with Gasteiger partial charge in [0.15, 0.2) is 5.82 Å². The molecule has 5 fully saturated rings. The van der Waals surface area contributed by atoms with E-state index in [9.17, 15) is 19.2 Å². The Bertz CT molecular complexity index is 2010. The first-order valence-electron chi connectivity index (χ1n) is 21.1. The number of benzene rings is 2. The van der Waals surface area contributed by atoms with Gasteiger partial charge in [-0.25, -0.2) is 18.7 Å². The van der Waals surface area contributed by atoms with Crippen LogP contribution >= 0.6 is 0 Å². The van der Waals surface area contributed by atoms with Gasteiger partial charge in [0.1, 0.15) is 23.1 Å². The van der Waals surface area contributed by atoms with E-state index in [1.807, 2.05) is 23.1 Å². The topological polar surface area (TPSA) is 152 Å². The lowest BCUT2D eigenvalue weighted by atomic mass is 9.78. The van der Waals surface area contributed by atoms with E-state index in [2.05, 4.69) is 36.1 Å². The number of imide groups is 1. The van der Waals surface area contributed by atoms with Crippen molar-refractivity contribution in [1.82, 2.24) is 25.5 Å². The molecule has 0 radical (unpaired) electrons. The average Bonchev–Trinajstić information content (AvgIpc) is 3.24. The van der Waals surface area contributed by atoms with Crippen molar-refractivity contribution in [2.45, 2.75) is 114 Å². The largest absolute Gasteiger partial charge is 0.374 e. The first-order valence-corrected chi connectivity index (χ1v) is 21.1. The fourth-order valence-corrected chi connectivity index (χ4v) is 9.51. The van der Waals surface area contributed by atoms with Crippen LogP contribution in [0.3, 0.4) is 0 Å². The maximum Gasteiger partial charge on any atom is 0.249 e. The maximum atomic E-state index is 15.4. The van der Waals surface area contributed by atoms with Crippen molar-refractivity contribution < 1.29 is 28.0 Å². The van der Waals surface area contributed by atoms with E-state index in [0.717, 1.165) is 76.3 Å². The Kier molecular flexibility index (Phi) is 11.9. The number of halogens is 2. The monoisotopic (exact) mass is 797 g/mol. The predicted molar refractivity (Wildman–Crippen MR) is 217 cm³/mol. The third-order valence-electron chi connectivity index (χ3n) is 12.8. The van der Waals surface area contributed by atoms with Gasteiger partial charge in [0.05, 0.1) is 11.9 Å². The van der Waals surface area contributed by atoms with Gasteiger partial charge in [0.2, 0.25) is 29.6 Å². The van der Waals surface area contributed by atoms with E-state index >= 15 is 8.78 Å². The first kappa shape index (κ1) is 39.6. The molecule has 1 unspecified atom stereocenters. The van der Waals surface area contributed by atoms with Gasteiger partial charge < -0.3 is 25.8 Å². The van der Waals surface area contributed by atoms with Crippen LogP contribution in [0.2, 0.25) is 0 Å². The molecule has 5 aliphatic rings. The quantitative estimate of drug-likeness (QED) is 0.193. The van der Waals surface area contributed by atoms with Gasteiger partial charge >= 0.3 is 0 Å². The number of carbonyl (C=O) groups is 4. The Balaban J connectivity index is 0.847. The third kappa shape index (κ3) is 8.64. The zero-order valence-electron chi connectivity index (χ0n) is 32.9. The Labute approximate surface area is 337 Å². The van der Waals surface area contributed by atoms with Gasteiger partial charge in [-0.3, -0.25) is 29.4 Å². The Morgan fingerprint density at radius 3 is 2.31 bits per heavy atom. The van der Waals surface area contributed by atoms with Gasteiger partial charge in [-0.2, -0.15) is 0 Å². The highest BCUT2D eigenvalue weighted by molar-refractivity contribution is 6.01. The normalized spacial score (nSPS) is 24.2. The van der Waals surface area contributed by atoms with E-state index in [1.54, 1.807) is 23.1 Å². The summed E-state index contributed by atoms with van der Waals surface area (Å²) in [5, 5.41) is 12.2. The van der Waals surface area contributed by atoms with Crippen molar-refractivity contribution in [3.63, 3.8) is 0 Å². The summed E-state index contributed by atoms with van der Waals surface area (Å²) in [4.78, 5) is 65.4. The zero-order valence-corrected chi connectivity index (χ0v) is 32.9. The molecule has 1 atom stereocenters. The van der Waals surface area contributed by atoms with Crippen LogP contribution in [0.4, 0.5) is 31.8 Å². The van der Waals surface area contributed by atoms with Crippen LogP contribution in [-0.2, 0) is 19.2 Å². The number of amides is 4. The van der Waals surface area contributed by atoms with Crippen LogP contribution in [0, 0.1) is 11.6 Å². The van der Waals surface area contributed by atoms with Crippen LogP contribution in [0.15, 0.2) is 48.7 Å². The number of nitrogens with zero attached hydrogens (tertiary/aromatic N) is 5. The molecular formula is C43H53F2N9O4. The fourth-order valence-electron chi connectivity index (χ4n) is 9.51. The minimum Gasteiger partial charge on any atom is -0.374 e. The van der Waals surface area contributed by atoms with E-state index in [0.29, 0.717) is 68.5 Å². The Morgan fingerprint density at radius 2 is 1.57 bits per heavy atom. The second-order valence-corrected chi connectivity index (χ2v) is 16.5. The number of anilines is 4. The van der Waals surface area contributed by atoms with Crippen LogP contribution in [0.5, 0.6) is 0 Å². The second kappa shape index (κ2) is 17.4. The highest BCUT2D eigenvalue weighted by Crippen LogP contribution is 2.37. The molecule has 3 aliphatic heterocycles. The maximum absolute atomic E-state index is 15.4. The van der Waals surface area contributed by atoms with Gasteiger partial charge in [0.25, 0.3) is 0 Å². The lowest BCUT2D eigenvalue weighted by molar-refractivity contribution is -0.138. The summed E-state index contributed by atoms with van der Waals surface area (Å²) in [6, 6.07) is 11.7. The molecule has 2 aliphatic carbocycles. The minimum absolute atomic E-state index is 0.0389. The molecule has 4 amide bonds. The molecule has 15 heteroatoms. The molecule has 308 valence electrons. The number of nitrogens with one attached hydrogen (secondary N) is 4. The number of hydrogen-bond donors (Lipinski definition) is 4. The van der Waals surface area contributed by atoms with Crippen molar-refractivity contribution in [2.75, 3.05) is 53.2 Å². The minimum atomic E-state index is -0.593. The molecule has 8 rings (SSSR count). The number of hydrogen-bond acceptors (Lipinski definition) is 10. The Hall–Kier alpha value is -5.18. The van der Waals surface area contributed by atoms with Crippen LogP contribution in [-0.4, -0.2) is 94.9 Å². The highest BCUT2D eigenvalue weighted by atomic mass is 19.1. The third-order valence-corrected chi connectivity index (χ3v) is 12.8. The van der Waals surface area contributed by atoms with Crippen molar-refractivity contribution in [2.24, 2.45) is 0 Å². The highest BCUT2D eigenvalue weighted by Gasteiger charge is 2.46. The molecular weight excluding hydrogens is 745 g/mol. The van der Waals surface area contributed by atoms with Crippen molar-refractivity contribution in [1.29, 1.82) is 0 Å². The smallest absolute Gasteiger partial charge is 0.249 e. The molecule has 13 nitrogen and oxygen atoms in total. The molecule has 2 aromatic carbocycles. The van der Waals surface area contributed by atoms with E-state index in [4.69, 9.17) is 0 Å². The molecule has 4 N–H and O–H groups in total. The number of aromatic nitrogens is 2. The predicted octanol–water partition coefficient (Wildman–Crippen LogP) is 5.52. The van der Waals surface area contributed by atoms with Gasteiger partial charge in [-0.15, -0.1) is 0 Å². The zero-order chi connectivity index (χ0) is 40.2. The number of carbonyl (C=O) groups excluding carboxylic acids is 4. The van der Waals surface area contributed by atoms with Crippen LogP contribution in [0.25, 0.3) is 11.3 Å². The van der Waals surface area contributed by atoms with Crippen LogP contribution < -0.4 is 31.1 Å². The van der Waals surface area contributed by atoms with E-state index in [-0.39, 0.29) is 47.7 Å². The second-order valence-electron chi connectivity index (χ2n) is 16.5. The lowest BCUT2D eigenvalue weighted by Crippen LogP contribution is -2.65. The summed E-state index contributed by atoms with van der Waals surface area (Å²) >= 11 is 0. The van der Waals surface area contributed by atoms with Gasteiger partial charge in [-0.05, 0) is 88.1 Å². The van der Waals surface area contributed by atoms with Crippen molar-refractivity contribution in [3.05, 3.63) is 60.3 Å². The van der Waals surface area contributed by atoms with Crippen molar-refractivity contribution in [3.8, 4) is 11.3 Å². The lowest BCUT2D eigenvalue weighted by Gasteiger charge is -2.49. The Morgan fingerprint density at radius 1 is 0.793 bits per heavy atom. The number of rotatable bonds is 10. The van der Waals surface area contributed by atoms with Crippen molar-refractivity contribution >= 4 is 46.6 Å².